The summed E-state index contributed by atoms with van der Waals surface area (Å²) in [5.41, 5.74) is 5.66. The Morgan fingerprint density at radius 3 is 2.64 bits per heavy atom. The van der Waals surface area contributed by atoms with Gasteiger partial charge in [-0.1, -0.05) is 0 Å². The van der Waals surface area contributed by atoms with Crippen molar-refractivity contribution in [3.8, 4) is 0 Å². The summed E-state index contributed by atoms with van der Waals surface area (Å²) in [6.07, 6.45) is 6.56. The minimum Gasteiger partial charge on any atom is -0.330 e. The predicted molar refractivity (Wildman–Crippen MR) is 54.8 cm³/mol. The van der Waals surface area contributed by atoms with Crippen molar-refractivity contribution in [2.45, 2.75) is 31.6 Å². The molecule has 0 amide bonds. The Morgan fingerprint density at radius 1 is 1.43 bits per heavy atom. The molecule has 2 N–H and O–H groups in total. The van der Waals surface area contributed by atoms with Gasteiger partial charge in [0.25, 0.3) is 0 Å². The Bertz CT molecular complexity index is 286. The molecular weight excluding hydrogens is 176 g/mol. The van der Waals surface area contributed by atoms with Gasteiger partial charge in [-0.25, -0.2) is 4.98 Å². The third kappa shape index (κ3) is 1.80. The molecule has 0 unspecified atom stereocenters. The van der Waals surface area contributed by atoms with E-state index in [2.05, 4.69) is 10.1 Å². The van der Waals surface area contributed by atoms with Crippen molar-refractivity contribution in [2.24, 2.45) is 18.7 Å². The lowest BCUT2D eigenvalue weighted by molar-refractivity contribution is 0.320. The molecule has 1 aliphatic rings. The number of aromatic nitrogens is 3. The molecule has 4 heteroatoms. The van der Waals surface area contributed by atoms with E-state index in [9.17, 15) is 0 Å². The summed E-state index contributed by atoms with van der Waals surface area (Å²) in [5, 5.41) is 4.11. The summed E-state index contributed by atoms with van der Waals surface area (Å²) in [5.74, 6) is 2.48. The first-order valence-corrected chi connectivity index (χ1v) is 5.35. The van der Waals surface area contributed by atoms with Crippen LogP contribution in [0.1, 0.15) is 37.4 Å². The zero-order valence-electron chi connectivity index (χ0n) is 8.69. The lowest BCUT2D eigenvalue weighted by Crippen LogP contribution is -2.22. The average molecular weight is 194 g/mol. The van der Waals surface area contributed by atoms with Gasteiger partial charge in [-0.2, -0.15) is 5.10 Å². The summed E-state index contributed by atoms with van der Waals surface area (Å²) < 4.78 is 1.90. The van der Waals surface area contributed by atoms with Gasteiger partial charge in [-0.3, -0.25) is 4.68 Å². The summed E-state index contributed by atoms with van der Waals surface area (Å²) in [6, 6.07) is 0. The van der Waals surface area contributed by atoms with Crippen LogP contribution in [0.5, 0.6) is 0 Å². The van der Waals surface area contributed by atoms with E-state index in [1.165, 1.54) is 25.7 Å². The Labute approximate surface area is 84.5 Å². The van der Waals surface area contributed by atoms with Crippen molar-refractivity contribution < 1.29 is 0 Å². The van der Waals surface area contributed by atoms with Crippen molar-refractivity contribution in [1.82, 2.24) is 14.8 Å². The van der Waals surface area contributed by atoms with Gasteiger partial charge in [0.05, 0.1) is 0 Å². The molecule has 1 aromatic rings. The molecule has 78 valence electrons. The van der Waals surface area contributed by atoms with Crippen molar-refractivity contribution in [3.63, 3.8) is 0 Å². The molecule has 1 aromatic heterocycles. The van der Waals surface area contributed by atoms with E-state index in [1.54, 1.807) is 6.33 Å². The van der Waals surface area contributed by atoms with Crippen LogP contribution in [0.15, 0.2) is 6.33 Å². The fourth-order valence-corrected chi connectivity index (χ4v) is 2.33. The van der Waals surface area contributed by atoms with Crippen LogP contribution < -0.4 is 5.73 Å². The zero-order chi connectivity index (χ0) is 9.97. The maximum atomic E-state index is 5.66. The molecule has 1 fully saturated rings. The highest BCUT2D eigenvalue weighted by Crippen LogP contribution is 2.33. The van der Waals surface area contributed by atoms with Crippen molar-refractivity contribution >= 4 is 0 Å². The van der Waals surface area contributed by atoms with Gasteiger partial charge in [0, 0.05) is 13.0 Å². The van der Waals surface area contributed by atoms with Gasteiger partial charge in [-0.05, 0) is 38.1 Å². The lowest BCUT2D eigenvalue weighted by atomic mass is 9.82. The first kappa shape index (κ1) is 9.65. The molecule has 0 radical (unpaired) electrons. The van der Waals surface area contributed by atoms with E-state index in [-0.39, 0.29) is 0 Å². The van der Waals surface area contributed by atoms with Gasteiger partial charge >= 0.3 is 0 Å². The first-order valence-electron chi connectivity index (χ1n) is 5.35. The van der Waals surface area contributed by atoms with Gasteiger partial charge in [0.15, 0.2) is 0 Å². The normalized spacial score (nSPS) is 27.9. The number of aryl methyl sites for hydroxylation is 1. The second-order valence-corrected chi connectivity index (χ2v) is 4.20. The van der Waals surface area contributed by atoms with Crippen molar-refractivity contribution in [3.05, 3.63) is 12.2 Å². The third-order valence-corrected chi connectivity index (χ3v) is 3.29. The molecule has 1 aliphatic carbocycles. The van der Waals surface area contributed by atoms with Crippen LogP contribution in [-0.2, 0) is 7.05 Å². The Balaban J connectivity index is 1.99. The summed E-state index contributed by atoms with van der Waals surface area (Å²) in [6.45, 7) is 0.839. The molecule has 1 heterocycles. The van der Waals surface area contributed by atoms with Crippen LogP contribution in [-0.4, -0.2) is 21.3 Å². The monoisotopic (exact) mass is 194 g/mol. The SMILES string of the molecule is Cn1ncnc1C1CCC(CN)CC1. The topological polar surface area (TPSA) is 56.7 Å². The lowest BCUT2D eigenvalue weighted by Gasteiger charge is -2.26. The van der Waals surface area contributed by atoms with Gasteiger partial charge < -0.3 is 5.73 Å². The van der Waals surface area contributed by atoms with Crippen LogP contribution in [0.4, 0.5) is 0 Å². The third-order valence-electron chi connectivity index (χ3n) is 3.29. The van der Waals surface area contributed by atoms with Gasteiger partial charge in [0.1, 0.15) is 12.2 Å². The molecule has 2 rings (SSSR count). The maximum Gasteiger partial charge on any atom is 0.138 e. The predicted octanol–water partition coefficient (Wildman–Crippen LogP) is 1.05. The average Bonchev–Trinajstić information content (AvgIpc) is 2.65. The highest BCUT2D eigenvalue weighted by molar-refractivity contribution is 4.97. The standard InChI is InChI=1S/C10H18N4/c1-14-10(12-7-13-14)9-4-2-8(6-11)3-5-9/h7-9H,2-6,11H2,1H3. The van der Waals surface area contributed by atoms with Crippen LogP contribution in [0.25, 0.3) is 0 Å². The van der Waals surface area contributed by atoms with Crippen LogP contribution in [0.3, 0.4) is 0 Å². The van der Waals surface area contributed by atoms with Crippen molar-refractivity contribution in [1.29, 1.82) is 0 Å². The number of rotatable bonds is 2. The van der Waals surface area contributed by atoms with E-state index in [1.807, 2.05) is 11.7 Å². The van der Waals surface area contributed by atoms with Crippen LogP contribution in [0.2, 0.25) is 0 Å². The van der Waals surface area contributed by atoms with E-state index in [0.717, 1.165) is 18.3 Å². The quantitative estimate of drug-likeness (QED) is 0.765. The Morgan fingerprint density at radius 2 is 2.14 bits per heavy atom. The first-order chi connectivity index (χ1) is 6.81. The summed E-state index contributed by atoms with van der Waals surface area (Å²) >= 11 is 0. The van der Waals surface area contributed by atoms with Gasteiger partial charge in [0.2, 0.25) is 0 Å². The number of nitrogens with zero attached hydrogens (tertiary/aromatic N) is 3. The van der Waals surface area contributed by atoms with Crippen molar-refractivity contribution in [2.75, 3.05) is 6.54 Å². The fourth-order valence-electron chi connectivity index (χ4n) is 2.33. The summed E-state index contributed by atoms with van der Waals surface area (Å²) in [7, 11) is 1.97. The molecule has 0 bridgehead atoms. The molecule has 1 saturated carbocycles. The molecule has 14 heavy (non-hydrogen) atoms. The number of nitrogens with two attached hydrogens (primary N) is 1. The number of hydrogen-bond donors (Lipinski definition) is 1. The zero-order valence-corrected chi connectivity index (χ0v) is 8.69. The maximum absolute atomic E-state index is 5.66. The smallest absolute Gasteiger partial charge is 0.138 e. The van der Waals surface area contributed by atoms with E-state index in [4.69, 9.17) is 5.73 Å². The van der Waals surface area contributed by atoms with E-state index in [0.29, 0.717) is 5.92 Å². The molecular formula is C10H18N4. The Kier molecular flexibility index (Phi) is 2.82. The summed E-state index contributed by atoms with van der Waals surface area (Å²) in [4.78, 5) is 4.31. The fraction of sp³-hybridized carbons (Fsp3) is 0.800. The van der Waals surface area contributed by atoms with E-state index >= 15 is 0 Å². The molecule has 0 atom stereocenters. The van der Waals surface area contributed by atoms with Crippen LogP contribution >= 0.6 is 0 Å². The van der Waals surface area contributed by atoms with E-state index < -0.39 is 0 Å². The highest BCUT2D eigenvalue weighted by atomic mass is 15.3. The Hall–Kier alpha value is -0.900. The molecule has 0 saturated heterocycles. The van der Waals surface area contributed by atoms with Gasteiger partial charge in [-0.15, -0.1) is 0 Å². The molecule has 4 nitrogen and oxygen atoms in total. The largest absolute Gasteiger partial charge is 0.330 e. The molecule has 0 spiro atoms. The molecule has 0 aliphatic heterocycles. The molecule has 0 aromatic carbocycles. The minimum atomic E-state index is 0.602. The highest BCUT2D eigenvalue weighted by Gasteiger charge is 2.24. The second-order valence-electron chi connectivity index (χ2n) is 4.20. The van der Waals surface area contributed by atoms with Crippen LogP contribution in [0, 0.1) is 5.92 Å². The number of hydrogen-bond acceptors (Lipinski definition) is 3. The second kappa shape index (κ2) is 4.09. The minimum absolute atomic E-state index is 0.602.